The summed E-state index contributed by atoms with van der Waals surface area (Å²) in [5.74, 6) is -1.41. The number of aliphatic carboxylic acids is 1. The molecule has 0 saturated carbocycles. The van der Waals surface area contributed by atoms with E-state index in [0.717, 1.165) is 5.56 Å². The van der Waals surface area contributed by atoms with Gasteiger partial charge in [0.1, 0.15) is 0 Å². The van der Waals surface area contributed by atoms with Crippen molar-refractivity contribution in [1.29, 1.82) is 0 Å². The molecule has 94 valence electrons. The molecule has 0 heterocycles. The Bertz CT molecular complexity index is 536. The molecule has 0 aliphatic heterocycles. The molecule has 0 aliphatic rings. The van der Waals surface area contributed by atoms with E-state index >= 15 is 0 Å². The third-order valence-electron chi connectivity index (χ3n) is 2.43. The van der Waals surface area contributed by atoms with E-state index in [-0.39, 0.29) is 4.90 Å². The Morgan fingerprint density at radius 3 is 2.35 bits per heavy atom. The molecule has 1 aromatic rings. The molecule has 0 aliphatic carbocycles. The van der Waals surface area contributed by atoms with Crippen LogP contribution in [0.1, 0.15) is 11.1 Å². The molecule has 0 radical (unpaired) electrons. The number of likely N-dealkylation sites (N-methyl/N-ethyl adjacent to an activating group) is 1. The summed E-state index contributed by atoms with van der Waals surface area (Å²) >= 11 is 0. The van der Waals surface area contributed by atoms with Gasteiger partial charge in [0.2, 0.25) is 15.2 Å². The molecular weight excluding hydrogens is 242 g/mol. The number of aryl methyl sites for hydroxylation is 2. The number of benzene rings is 1. The van der Waals surface area contributed by atoms with Gasteiger partial charge in [0.25, 0.3) is 0 Å². The highest BCUT2D eigenvalue weighted by atomic mass is 32.2. The molecule has 2 N–H and O–H groups in total. The number of hydrogen-bond acceptors (Lipinski definition) is 4. The normalized spacial score (nSPS) is 13.4. The topological polar surface area (TPSA) is 83.5 Å². The Hall–Kier alpha value is -1.40. The van der Waals surface area contributed by atoms with Crippen molar-refractivity contribution in [3.63, 3.8) is 0 Å². The molecule has 5 nitrogen and oxygen atoms in total. The zero-order valence-electron chi connectivity index (χ0n) is 9.89. The van der Waals surface area contributed by atoms with E-state index in [2.05, 4.69) is 5.32 Å². The van der Waals surface area contributed by atoms with E-state index in [1.165, 1.54) is 13.1 Å². The maximum atomic E-state index is 12.1. The minimum Gasteiger partial charge on any atom is -0.479 e. The lowest BCUT2D eigenvalue weighted by atomic mass is 10.2. The summed E-state index contributed by atoms with van der Waals surface area (Å²) in [5.41, 5.74) is 1.48. The van der Waals surface area contributed by atoms with Crippen LogP contribution in [-0.2, 0) is 14.6 Å². The summed E-state index contributed by atoms with van der Waals surface area (Å²) < 4.78 is 24.2. The highest BCUT2D eigenvalue weighted by molar-refractivity contribution is 7.92. The number of nitrogens with one attached hydrogen (secondary N) is 1. The first-order valence-electron chi connectivity index (χ1n) is 5.02. The molecule has 6 heteroatoms. The van der Waals surface area contributed by atoms with Crippen LogP contribution in [0.2, 0.25) is 0 Å². The Balaban J connectivity index is 3.35. The van der Waals surface area contributed by atoms with Gasteiger partial charge < -0.3 is 5.11 Å². The van der Waals surface area contributed by atoms with E-state index in [9.17, 15) is 13.2 Å². The van der Waals surface area contributed by atoms with Gasteiger partial charge in [-0.3, -0.25) is 5.32 Å². The highest BCUT2D eigenvalue weighted by Crippen LogP contribution is 2.20. The van der Waals surface area contributed by atoms with Crippen molar-refractivity contribution >= 4 is 15.8 Å². The highest BCUT2D eigenvalue weighted by Gasteiger charge is 2.33. The van der Waals surface area contributed by atoms with Gasteiger partial charge >= 0.3 is 5.97 Å². The standard InChI is InChI=1S/C11H15NO4S/c1-7-4-5-9(8(2)6-7)17(15,16)10(12-3)11(13)14/h4-6,10,12H,1-3H3,(H,13,14). The first-order chi connectivity index (χ1) is 7.80. The van der Waals surface area contributed by atoms with Crippen molar-refractivity contribution < 1.29 is 18.3 Å². The van der Waals surface area contributed by atoms with Gasteiger partial charge in [-0.1, -0.05) is 17.7 Å². The van der Waals surface area contributed by atoms with Crippen molar-refractivity contribution in [3.05, 3.63) is 29.3 Å². The predicted octanol–water partition coefficient (Wildman–Crippen LogP) is 0.707. The molecule has 1 aromatic carbocycles. The molecule has 0 amide bonds. The third kappa shape index (κ3) is 2.65. The monoisotopic (exact) mass is 257 g/mol. The van der Waals surface area contributed by atoms with Crippen LogP contribution in [0.15, 0.2) is 23.1 Å². The first kappa shape index (κ1) is 13.7. The number of sulfone groups is 1. The minimum atomic E-state index is -3.91. The fourth-order valence-electron chi connectivity index (χ4n) is 1.66. The number of carbonyl (C=O) groups is 1. The Kier molecular flexibility index (Phi) is 3.90. The van der Waals surface area contributed by atoms with Crippen LogP contribution in [0.5, 0.6) is 0 Å². The van der Waals surface area contributed by atoms with Crippen LogP contribution in [0, 0.1) is 13.8 Å². The molecular formula is C11H15NO4S. The van der Waals surface area contributed by atoms with Crippen LogP contribution in [0.4, 0.5) is 0 Å². The molecule has 0 saturated heterocycles. The van der Waals surface area contributed by atoms with Crippen LogP contribution in [0.3, 0.4) is 0 Å². The summed E-state index contributed by atoms with van der Waals surface area (Å²) in [5, 5.41) is 9.55. The van der Waals surface area contributed by atoms with Gasteiger partial charge in [0, 0.05) is 0 Å². The number of carboxylic acid groups (broad SMARTS) is 1. The number of rotatable bonds is 4. The van der Waals surface area contributed by atoms with E-state index in [4.69, 9.17) is 5.11 Å². The Morgan fingerprint density at radius 2 is 1.94 bits per heavy atom. The van der Waals surface area contributed by atoms with Crippen LogP contribution >= 0.6 is 0 Å². The summed E-state index contributed by atoms with van der Waals surface area (Å²) in [6.45, 7) is 3.49. The van der Waals surface area contributed by atoms with Gasteiger partial charge in [-0.05, 0) is 32.5 Å². The second-order valence-corrected chi connectivity index (χ2v) is 5.82. The van der Waals surface area contributed by atoms with Crippen molar-refractivity contribution in [2.75, 3.05) is 7.05 Å². The fraction of sp³-hybridized carbons (Fsp3) is 0.364. The molecule has 1 rings (SSSR count). The summed E-state index contributed by atoms with van der Waals surface area (Å²) in [7, 11) is -2.60. The fourth-order valence-corrected chi connectivity index (χ4v) is 3.25. The average molecular weight is 257 g/mol. The molecule has 0 bridgehead atoms. The maximum absolute atomic E-state index is 12.1. The lowest BCUT2D eigenvalue weighted by Crippen LogP contribution is -2.41. The van der Waals surface area contributed by atoms with Gasteiger partial charge in [0.05, 0.1) is 4.90 Å². The molecule has 0 spiro atoms. The molecule has 1 atom stereocenters. The number of carboxylic acids is 1. The predicted molar refractivity (Wildman–Crippen MR) is 63.6 cm³/mol. The van der Waals surface area contributed by atoms with Crippen molar-refractivity contribution in [2.24, 2.45) is 0 Å². The second-order valence-electron chi connectivity index (χ2n) is 3.82. The van der Waals surface area contributed by atoms with E-state index in [0.29, 0.717) is 5.56 Å². The molecule has 1 unspecified atom stereocenters. The van der Waals surface area contributed by atoms with Crippen molar-refractivity contribution in [3.8, 4) is 0 Å². The van der Waals surface area contributed by atoms with E-state index in [1.54, 1.807) is 19.1 Å². The van der Waals surface area contributed by atoms with Crippen LogP contribution in [0.25, 0.3) is 0 Å². The molecule has 0 aromatic heterocycles. The Labute approximate surface area is 100 Å². The van der Waals surface area contributed by atoms with Crippen LogP contribution < -0.4 is 5.32 Å². The summed E-state index contributed by atoms with van der Waals surface area (Å²) in [6.07, 6.45) is 0. The summed E-state index contributed by atoms with van der Waals surface area (Å²) in [4.78, 5) is 10.9. The van der Waals surface area contributed by atoms with Gasteiger partial charge in [0.15, 0.2) is 0 Å². The zero-order chi connectivity index (χ0) is 13.2. The third-order valence-corrected chi connectivity index (χ3v) is 4.56. The van der Waals surface area contributed by atoms with E-state index in [1.807, 2.05) is 6.92 Å². The lowest BCUT2D eigenvalue weighted by molar-refractivity contribution is -0.137. The lowest BCUT2D eigenvalue weighted by Gasteiger charge is -2.14. The Morgan fingerprint density at radius 1 is 1.35 bits per heavy atom. The smallest absolute Gasteiger partial charge is 0.336 e. The largest absolute Gasteiger partial charge is 0.479 e. The zero-order valence-corrected chi connectivity index (χ0v) is 10.7. The SMILES string of the molecule is CNC(C(=O)O)S(=O)(=O)c1ccc(C)cc1C. The quantitative estimate of drug-likeness (QED) is 0.830. The van der Waals surface area contributed by atoms with Gasteiger partial charge in [-0.25, -0.2) is 13.2 Å². The van der Waals surface area contributed by atoms with Crippen molar-refractivity contribution in [2.45, 2.75) is 24.1 Å². The maximum Gasteiger partial charge on any atom is 0.336 e. The van der Waals surface area contributed by atoms with Gasteiger partial charge in [-0.15, -0.1) is 0 Å². The second kappa shape index (κ2) is 4.85. The average Bonchev–Trinajstić information content (AvgIpc) is 2.16. The van der Waals surface area contributed by atoms with E-state index < -0.39 is 21.2 Å². The first-order valence-corrected chi connectivity index (χ1v) is 6.56. The van der Waals surface area contributed by atoms with Crippen LogP contribution in [-0.4, -0.2) is 31.9 Å². The van der Waals surface area contributed by atoms with Crippen molar-refractivity contribution in [1.82, 2.24) is 5.32 Å². The number of hydrogen-bond donors (Lipinski definition) is 2. The molecule has 0 fully saturated rings. The summed E-state index contributed by atoms with van der Waals surface area (Å²) in [6, 6.07) is 4.79. The molecule has 17 heavy (non-hydrogen) atoms. The van der Waals surface area contributed by atoms with Gasteiger partial charge in [-0.2, -0.15) is 0 Å². The minimum absolute atomic E-state index is 0.0462.